The molecule has 6 aromatic carbocycles. The van der Waals surface area contributed by atoms with Gasteiger partial charge in [0.2, 0.25) is 1.43 Å². The average molecular weight is 1720 g/mol. The van der Waals surface area contributed by atoms with Gasteiger partial charge in [0.1, 0.15) is 35.2 Å². The van der Waals surface area contributed by atoms with E-state index in [1.54, 1.807) is 187 Å². The summed E-state index contributed by atoms with van der Waals surface area (Å²) in [5, 5.41) is 39.7. The number of nitrogens with zero attached hydrogens (tertiary/aromatic N) is 3. The Balaban J connectivity index is -0.000000125. The van der Waals surface area contributed by atoms with Crippen LogP contribution in [0.25, 0.3) is 2.86 Å². The van der Waals surface area contributed by atoms with Gasteiger partial charge in [-0.15, -0.1) is 0 Å². The van der Waals surface area contributed by atoms with Crippen molar-refractivity contribution < 1.29 is 139 Å². The van der Waals surface area contributed by atoms with Gasteiger partial charge in [-0.25, -0.2) is 14.4 Å². The van der Waals surface area contributed by atoms with E-state index in [9.17, 15) is 71.9 Å². The van der Waals surface area contributed by atoms with Gasteiger partial charge in [-0.2, -0.15) is 0 Å². The Morgan fingerprint density at radius 1 is 0.400 bits per heavy atom. The van der Waals surface area contributed by atoms with Crippen LogP contribution in [0.15, 0.2) is 182 Å². The van der Waals surface area contributed by atoms with Crippen LogP contribution < -0.4 is 78.7 Å². The van der Waals surface area contributed by atoms with E-state index in [0.29, 0.717) is 118 Å². The fourth-order valence-electron chi connectivity index (χ4n) is 6.32. The zero-order chi connectivity index (χ0) is 94.7. The molecule has 666 valence electrons. The van der Waals surface area contributed by atoms with E-state index in [2.05, 4.69) is 60.5 Å². The molecule has 0 fully saturated rings. The number of rotatable bonds is 27. The Labute approximate surface area is 738 Å². The third kappa shape index (κ3) is 93.8. The number of carboxylic acid groups (broad SMARTS) is 4. The fourth-order valence-corrected chi connectivity index (χ4v) is 6.44. The van der Waals surface area contributed by atoms with Crippen molar-refractivity contribution in [2.45, 2.75) is 108 Å². The number of halogens is 1. The molecule has 34 nitrogen and oxygen atoms in total. The van der Waals surface area contributed by atoms with Gasteiger partial charge in [0, 0.05) is 133 Å². The van der Waals surface area contributed by atoms with E-state index in [1.807, 2.05) is 44.3 Å². The van der Waals surface area contributed by atoms with E-state index >= 15 is 0 Å². The molecule has 6 rings (SSSR count). The van der Waals surface area contributed by atoms with E-state index in [4.69, 9.17) is 42.1 Å². The molecule has 0 unspecified atom stereocenters. The summed E-state index contributed by atoms with van der Waals surface area (Å²) in [6.07, 6.45) is 1.52. The number of hydrogen-bond acceptors (Lipinski definition) is 23. The van der Waals surface area contributed by atoms with Gasteiger partial charge >= 0.3 is 59.0 Å². The topological polar surface area (TPSA) is 576 Å². The van der Waals surface area contributed by atoms with Crippen LogP contribution >= 0.6 is 11.6 Å². The number of aliphatic carboxylic acids is 1. The molecule has 0 spiro atoms. The maximum Gasteiger partial charge on any atom is 1.00 e. The minimum Gasteiger partial charge on any atom is -0.870 e. The number of aromatic carboxylic acids is 1. The number of nitrogens with two attached hydrogens (primary N) is 3. The van der Waals surface area contributed by atoms with Gasteiger partial charge in [-0.3, -0.25) is 57.5 Å². The first-order valence-corrected chi connectivity index (χ1v) is 37.1. The molecule has 0 saturated carbocycles. The van der Waals surface area contributed by atoms with Crippen LogP contribution in [-0.4, -0.2) is 248 Å². The number of ketones is 5. The van der Waals surface area contributed by atoms with Crippen LogP contribution in [-0.2, 0) is 33.6 Å². The van der Waals surface area contributed by atoms with Crippen molar-refractivity contribution in [1.82, 2.24) is 46.6 Å². The van der Waals surface area contributed by atoms with Gasteiger partial charge < -0.3 is 100.0 Å². The van der Waals surface area contributed by atoms with Crippen LogP contribution in [0.2, 0.25) is 0 Å². The predicted octanol–water partition coefficient (Wildman–Crippen LogP) is 5.89. The number of carboxylic acids is 2. The molecule has 0 atom stereocenters. The Kier molecular flexibility index (Phi) is 98.3. The van der Waals surface area contributed by atoms with Crippen LogP contribution in [0.1, 0.15) is 171 Å². The molecule has 19 N–H and O–H groups in total. The van der Waals surface area contributed by atoms with Crippen molar-refractivity contribution in [3.63, 3.8) is 0 Å². The van der Waals surface area contributed by atoms with Gasteiger partial charge in [-0.05, 0) is 181 Å². The molecule has 0 aliphatic heterocycles. The quantitative estimate of drug-likeness (QED) is 0.0124. The molecule has 0 saturated heterocycles. The van der Waals surface area contributed by atoms with Gasteiger partial charge in [0.05, 0.1) is 12.0 Å². The summed E-state index contributed by atoms with van der Waals surface area (Å²) < 4.78 is 17.1. The normalized spacial score (nSPS) is 8.76. The van der Waals surface area contributed by atoms with Gasteiger partial charge in [0.15, 0.2) is 0 Å². The van der Waals surface area contributed by atoms with Crippen molar-refractivity contribution in [3.8, 4) is 0 Å². The van der Waals surface area contributed by atoms with E-state index in [-0.39, 0.29) is 106 Å². The second-order valence-corrected chi connectivity index (χ2v) is 23.1. The molecule has 6 aromatic rings. The maximum absolute atomic E-state index is 11.4. The Morgan fingerprint density at radius 2 is 0.583 bits per heavy atom. The van der Waals surface area contributed by atoms with Gasteiger partial charge in [-0.1, -0.05) is 116 Å². The summed E-state index contributed by atoms with van der Waals surface area (Å²) >= 11 is 5.02. The molecule has 0 radical (unpaired) electrons. The third-order valence-corrected chi connectivity index (χ3v) is 13.4. The van der Waals surface area contributed by atoms with E-state index < -0.39 is 29.5 Å². The standard InChI is InChI=1S/4C11H13NO2.C10H11NO3.C7H6O2.C4H8ClNO.2C4H9NO2.C4H9NO.C3H9N.C2H4O.2CH5N.Na.2H2O/c4*1-9(13)7-8-12-11(14)10-5-3-2-4-6-10;12-9(13)6-7-11-10(14)8-4-2-1-3-5-8;8-7(9)6-4-2-1-3-5-6;1-3-6(2)4(5)7;2*1-3-5(2)4(6)7;1-4(6)2-3-5;1-3-4-2;1-2-3;2*1-2;;;/h4*2-6H,7-8H2,1H3,(H,12,14);1-5H,6-7H2,(H,11,14)(H,12,13);1-5H,(H,8,9);3H2,1-2H3;2*3H2,1-2H3,(H,6,7);2-3,5H2,1H3;4H,3H2,1-2H3;2H,1H3;2*2H2,1H3;;2*1H2/q;;;;;;;;;;;;;;+1;;/p-1/i/hD3. The number of aldehydes is 1. The second-order valence-electron chi connectivity index (χ2n) is 22.7. The van der Waals surface area contributed by atoms with Crippen LogP contribution in [0.3, 0.4) is 0 Å². The first-order valence-electron chi connectivity index (χ1n) is 38.0. The van der Waals surface area contributed by atoms with Crippen LogP contribution in [0.5, 0.6) is 0 Å². The Bertz CT molecular complexity index is 3290. The first kappa shape index (κ1) is 124. The number of amides is 8. The zero-order valence-electron chi connectivity index (χ0n) is 75.3. The molecule has 0 aliphatic rings. The van der Waals surface area contributed by atoms with Gasteiger partial charge in [0.25, 0.3) is 32.4 Å². The number of benzene rings is 6. The molecule has 0 aromatic heterocycles. The third-order valence-electron chi connectivity index (χ3n) is 13.1. The SMILES string of the molecule is CC(=O)CCN.CC(=O)CCNC(=O)c1ccccc1.CC(=O)CCNC(=O)c1ccccc1.CC(=O)CCNC(=O)c1ccccc1.CC(=O)CCNC(=O)c1ccccc1.CC=O.CCN(C)C(=O)Cl.CCNC.CN.CN.O=C(O)CCNC(=O)c1ccccc1.O=C(O)c1ccccc1.[2H]O.[2H]OC(=O)N(C)CC.[2H]OC(=O)N(C)CC.[Na+].[OH-]. The van der Waals surface area contributed by atoms with Crippen LogP contribution in [0, 0.1) is 0 Å². The Hall–Kier alpha value is -11.3. The molecule has 0 heterocycles. The smallest absolute Gasteiger partial charge is 0.870 e. The van der Waals surface area contributed by atoms with E-state index in [1.165, 1.54) is 70.3 Å². The summed E-state index contributed by atoms with van der Waals surface area (Å²) in [4.78, 5) is 173. The molecular formula is C84H130ClN12NaO22. The molecular weight excluding hydrogens is 1590 g/mol. The minimum absolute atomic E-state index is 0. The number of hydrogen-bond donors (Lipinski definition) is 13. The summed E-state index contributed by atoms with van der Waals surface area (Å²) in [5.74, 6) is -2.08. The summed E-state index contributed by atoms with van der Waals surface area (Å²) in [7, 11) is 9.71. The minimum atomic E-state index is -0.918. The largest absolute Gasteiger partial charge is 1.00 e. The van der Waals surface area contributed by atoms with Crippen molar-refractivity contribution in [3.05, 3.63) is 215 Å². The molecule has 36 heteroatoms. The Morgan fingerprint density at radius 3 is 0.683 bits per heavy atom. The van der Waals surface area contributed by atoms with Crippen molar-refractivity contribution in [1.29, 1.82) is 2.86 Å². The fraction of sp³-hybridized carbons (Fsp3) is 0.381. The maximum atomic E-state index is 11.4. The summed E-state index contributed by atoms with van der Waals surface area (Å²) in [6, 6.07) is 52.7. The number of nitrogens with one attached hydrogen (secondary N) is 6. The van der Waals surface area contributed by atoms with Crippen LogP contribution in [0.4, 0.5) is 14.4 Å². The monoisotopic (exact) mass is 1720 g/mol. The molecule has 8 amide bonds. The summed E-state index contributed by atoms with van der Waals surface area (Å²) in [6.45, 7) is 21.7. The molecule has 0 bridgehead atoms. The molecule has 120 heavy (non-hydrogen) atoms. The second kappa shape index (κ2) is 94.8. The summed E-state index contributed by atoms with van der Waals surface area (Å²) in [5.41, 5.74) is 23.6. The average Bonchev–Trinajstić information content (AvgIpc) is 0.980. The van der Waals surface area contributed by atoms with E-state index in [0.717, 1.165) is 12.8 Å². The van der Waals surface area contributed by atoms with Crippen molar-refractivity contribution in [2.24, 2.45) is 17.2 Å². The zero-order valence-corrected chi connectivity index (χ0v) is 75.1. The predicted molar refractivity (Wildman–Crippen MR) is 464 cm³/mol. The number of carbonyl (C=O) groups excluding carboxylic acids is 12. The first-order chi connectivity index (χ1) is 57.5. The number of carbonyl (C=O) groups is 16. The molecule has 0 aliphatic carbocycles. The number of Topliss-reactive ketones (excluding diaryl/α,β-unsaturated/α-hetero) is 5. The van der Waals surface area contributed by atoms with Crippen molar-refractivity contribution >= 4 is 106 Å². The van der Waals surface area contributed by atoms with Crippen molar-refractivity contribution in [2.75, 3.05) is 108 Å².